The second-order valence-electron chi connectivity index (χ2n) is 13.0. The minimum atomic E-state index is -1.16. The molecule has 0 N–H and O–H groups in total. The van der Waals surface area contributed by atoms with Crippen LogP contribution in [0.2, 0.25) is 0 Å². The highest BCUT2D eigenvalue weighted by Crippen LogP contribution is 2.46. The molecule has 6 heteroatoms. The van der Waals surface area contributed by atoms with Gasteiger partial charge in [0.15, 0.2) is 23.3 Å². The molecule has 3 aliphatic carbocycles. The summed E-state index contributed by atoms with van der Waals surface area (Å²) >= 11 is 0. The predicted octanol–water partition coefficient (Wildman–Crippen LogP) is 10.6. The third kappa shape index (κ3) is 6.35. The number of hydrogen-bond donors (Lipinski definition) is 0. The number of rotatable bonds is 8. The van der Waals surface area contributed by atoms with E-state index in [1.807, 2.05) is 0 Å². The number of nitrogens with zero attached hydrogens (tertiary/aromatic N) is 1. The Kier molecular flexibility index (Phi) is 9.72. The van der Waals surface area contributed by atoms with Gasteiger partial charge in [-0.15, -0.1) is 0 Å². The lowest BCUT2D eigenvalue weighted by molar-refractivity contribution is 0.233. The summed E-state index contributed by atoms with van der Waals surface area (Å²) < 4.78 is 75.4. The molecule has 5 rings (SSSR count). The van der Waals surface area contributed by atoms with E-state index in [0.29, 0.717) is 44.1 Å². The fraction of sp³-hybridized carbons (Fsp3) is 0.629. The van der Waals surface area contributed by atoms with Crippen molar-refractivity contribution in [2.24, 2.45) is 17.8 Å². The van der Waals surface area contributed by atoms with E-state index in [1.165, 1.54) is 57.1 Å². The van der Waals surface area contributed by atoms with Gasteiger partial charge in [0.1, 0.15) is 11.9 Å². The average Bonchev–Trinajstić information content (AvgIpc) is 3.00. The van der Waals surface area contributed by atoms with Crippen LogP contribution in [0.1, 0.15) is 136 Å². The van der Waals surface area contributed by atoms with Crippen LogP contribution in [0.4, 0.5) is 22.0 Å². The zero-order valence-corrected chi connectivity index (χ0v) is 24.2. The summed E-state index contributed by atoms with van der Waals surface area (Å²) in [6, 6.07) is 4.33. The highest BCUT2D eigenvalue weighted by atomic mass is 19.2. The third-order valence-corrected chi connectivity index (χ3v) is 10.6. The van der Waals surface area contributed by atoms with Gasteiger partial charge < -0.3 is 0 Å². The van der Waals surface area contributed by atoms with Crippen LogP contribution in [0, 0.1) is 58.2 Å². The summed E-state index contributed by atoms with van der Waals surface area (Å²) in [4.78, 5) is 0. The number of hydrogen-bond acceptors (Lipinski definition) is 1. The molecule has 2 fully saturated rings. The second-order valence-corrected chi connectivity index (χ2v) is 13.0. The van der Waals surface area contributed by atoms with E-state index in [-0.39, 0.29) is 34.1 Å². The van der Waals surface area contributed by atoms with Crippen LogP contribution < -0.4 is 0 Å². The Morgan fingerprint density at radius 3 is 1.95 bits per heavy atom. The van der Waals surface area contributed by atoms with Crippen molar-refractivity contribution < 1.29 is 22.0 Å². The minimum Gasteiger partial charge on any atom is -0.206 e. The molecule has 2 aromatic carbocycles. The van der Waals surface area contributed by atoms with Crippen molar-refractivity contribution in [1.29, 1.82) is 5.26 Å². The molecule has 3 aliphatic rings. The Labute approximate surface area is 241 Å². The lowest BCUT2D eigenvalue weighted by atomic mass is 9.73. The number of unbranched alkanes of at least 4 members (excludes halogenated alkanes) is 1. The number of halogens is 5. The highest BCUT2D eigenvalue weighted by Gasteiger charge is 2.35. The molecule has 2 aromatic rings. The molecule has 0 aliphatic heterocycles. The maximum Gasteiger partial charge on any atom is 0.176 e. The summed E-state index contributed by atoms with van der Waals surface area (Å²) in [7, 11) is 0. The Bertz CT molecular complexity index is 1260. The lowest BCUT2D eigenvalue weighted by Crippen LogP contribution is -2.23. The van der Waals surface area contributed by atoms with Crippen molar-refractivity contribution in [1.82, 2.24) is 0 Å². The molecular weight excluding hydrogens is 529 g/mol. The van der Waals surface area contributed by atoms with Crippen molar-refractivity contribution >= 4 is 0 Å². The van der Waals surface area contributed by atoms with E-state index in [2.05, 4.69) is 6.92 Å². The van der Waals surface area contributed by atoms with Crippen LogP contribution in [-0.2, 0) is 12.8 Å². The van der Waals surface area contributed by atoms with Crippen LogP contribution in [0.3, 0.4) is 0 Å². The summed E-state index contributed by atoms with van der Waals surface area (Å²) in [5.74, 6) is -3.69. The van der Waals surface area contributed by atoms with E-state index in [0.717, 1.165) is 31.1 Å². The van der Waals surface area contributed by atoms with Crippen molar-refractivity contribution in [3.8, 4) is 6.07 Å². The Hall–Kier alpha value is -2.42. The van der Waals surface area contributed by atoms with E-state index >= 15 is 13.2 Å². The standard InChI is InChI=1S/C35H42F5N/c1-2-3-4-21-5-7-22(8-6-21)9-10-23-11-17-28-29(19-23)34(39)35(40)30(32(28)37)25-14-12-24(13-15-25)27-18-16-26(20-41)31(36)33(27)38/h16,18,21-25H,2-15,17,19H2,1H3. The number of nitriles is 1. The molecule has 0 spiro atoms. The van der Waals surface area contributed by atoms with E-state index in [4.69, 9.17) is 5.26 Å². The van der Waals surface area contributed by atoms with Crippen molar-refractivity contribution in [3.05, 3.63) is 69.0 Å². The average molecular weight is 572 g/mol. The van der Waals surface area contributed by atoms with Crippen LogP contribution in [-0.4, -0.2) is 0 Å². The summed E-state index contributed by atoms with van der Waals surface area (Å²) in [5.41, 5.74) is 0.249. The maximum atomic E-state index is 15.8. The van der Waals surface area contributed by atoms with Crippen LogP contribution in [0.25, 0.3) is 0 Å². The van der Waals surface area contributed by atoms with E-state index in [1.54, 1.807) is 6.07 Å². The number of benzene rings is 2. The molecule has 0 heterocycles. The predicted molar refractivity (Wildman–Crippen MR) is 151 cm³/mol. The molecule has 0 saturated heterocycles. The first-order valence-corrected chi connectivity index (χ1v) is 15.9. The smallest absolute Gasteiger partial charge is 0.176 e. The van der Waals surface area contributed by atoms with Crippen LogP contribution >= 0.6 is 0 Å². The fourth-order valence-electron chi connectivity index (χ4n) is 8.02. The van der Waals surface area contributed by atoms with Gasteiger partial charge in [-0.25, -0.2) is 22.0 Å². The summed E-state index contributed by atoms with van der Waals surface area (Å²) in [5, 5.41) is 8.93. The van der Waals surface area contributed by atoms with Gasteiger partial charge in [0, 0.05) is 5.56 Å². The highest BCUT2D eigenvalue weighted by molar-refractivity contribution is 5.41. The summed E-state index contributed by atoms with van der Waals surface area (Å²) in [6.45, 7) is 2.24. The van der Waals surface area contributed by atoms with Gasteiger partial charge in [-0.3, -0.25) is 0 Å². The summed E-state index contributed by atoms with van der Waals surface area (Å²) in [6.07, 6.45) is 14.4. The van der Waals surface area contributed by atoms with Crippen LogP contribution in [0.15, 0.2) is 12.1 Å². The normalized spacial score (nSPS) is 26.4. The van der Waals surface area contributed by atoms with Gasteiger partial charge in [-0.05, 0) is 104 Å². The van der Waals surface area contributed by atoms with Crippen LogP contribution in [0.5, 0.6) is 0 Å². The van der Waals surface area contributed by atoms with E-state index < -0.39 is 35.0 Å². The molecular formula is C35H42F5N. The van der Waals surface area contributed by atoms with Gasteiger partial charge in [0.05, 0.1) is 5.56 Å². The Balaban J connectivity index is 1.21. The largest absolute Gasteiger partial charge is 0.206 e. The Morgan fingerprint density at radius 2 is 1.29 bits per heavy atom. The van der Waals surface area contributed by atoms with Gasteiger partial charge in [-0.1, -0.05) is 64.4 Å². The van der Waals surface area contributed by atoms with E-state index in [9.17, 15) is 8.78 Å². The monoisotopic (exact) mass is 571 g/mol. The minimum absolute atomic E-state index is 0.163. The lowest BCUT2D eigenvalue weighted by Gasteiger charge is -2.33. The molecule has 41 heavy (non-hydrogen) atoms. The molecule has 0 bridgehead atoms. The van der Waals surface area contributed by atoms with Gasteiger partial charge in [0.25, 0.3) is 0 Å². The first kappa shape index (κ1) is 30.1. The van der Waals surface area contributed by atoms with Crippen molar-refractivity contribution in [2.75, 3.05) is 0 Å². The zero-order chi connectivity index (χ0) is 29.1. The maximum absolute atomic E-state index is 15.8. The number of fused-ring (bicyclic) bond motifs is 1. The first-order chi connectivity index (χ1) is 19.8. The SMILES string of the molecule is CCCCC1CCC(CCC2CCc3c(F)c(C4CCC(c5ccc(C#N)c(F)c5F)CC4)c(F)c(F)c3C2)CC1. The first-order valence-electron chi connectivity index (χ1n) is 15.9. The molecule has 2 saturated carbocycles. The molecule has 1 atom stereocenters. The molecule has 0 aromatic heterocycles. The molecule has 0 radical (unpaired) electrons. The molecule has 1 unspecified atom stereocenters. The van der Waals surface area contributed by atoms with Gasteiger partial charge in [-0.2, -0.15) is 5.26 Å². The molecule has 0 amide bonds. The van der Waals surface area contributed by atoms with Gasteiger partial charge >= 0.3 is 0 Å². The topological polar surface area (TPSA) is 23.8 Å². The fourth-order valence-corrected chi connectivity index (χ4v) is 8.02. The quantitative estimate of drug-likeness (QED) is 0.228. The zero-order valence-electron chi connectivity index (χ0n) is 24.2. The molecule has 1 nitrogen and oxygen atoms in total. The second kappa shape index (κ2) is 13.3. The Morgan fingerprint density at radius 1 is 0.659 bits per heavy atom. The van der Waals surface area contributed by atoms with Crippen molar-refractivity contribution in [2.45, 2.75) is 121 Å². The molecule has 222 valence electrons. The third-order valence-electron chi connectivity index (χ3n) is 10.6. The van der Waals surface area contributed by atoms with Gasteiger partial charge in [0.2, 0.25) is 0 Å². The van der Waals surface area contributed by atoms with Crippen molar-refractivity contribution in [3.63, 3.8) is 0 Å².